The van der Waals surface area contributed by atoms with Crippen LogP contribution in [0.4, 0.5) is 5.69 Å². The first-order chi connectivity index (χ1) is 9.32. The van der Waals surface area contributed by atoms with Crippen molar-refractivity contribution in [3.63, 3.8) is 0 Å². The molecule has 1 fully saturated rings. The average molecular weight is 401 g/mol. The van der Waals surface area contributed by atoms with E-state index in [0.29, 0.717) is 25.9 Å². The molecule has 1 aliphatic heterocycles. The molecule has 118 valence electrons. The first-order valence-electron chi connectivity index (χ1n) is 6.02. The molecule has 1 heterocycles. The minimum absolute atomic E-state index is 0. The van der Waals surface area contributed by atoms with E-state index in [1.165, 1.54) is 22.5 Å². The minimum atomic E-state index is -3.63. The van der Waals surface area contributed by atoms with Crippen LogP contribution in [0, 0.1) is 10.1 Å². The minimum Gasteiger partial charge on any atom is -0.328 e. The molecule has 0 spiro atoms. The molecule has 1 aliphatic rings. The molecule has 0 unspecified atom stereocenters. The molecular weight excluding hydrogens is 386 g/mol. The molecule has 10 heteroatoms. The molecule has 2 rings (SSSR count). The molecule has 0 aromatic heterocycles. The molecule has 1 aromatic rings. The molecule has 1 saturated heterocycles. The maximum atomic E-state index is 12.4. The fraction of sp³-hybridized carbons (Fsp3) is 0.455. The molecule has 0 saturated carbocycles. The van der Waals surface area contributed by atoms with Gasteiger partial charge < -0.3 is 5.73 Å². The number of piperidine rings is 1. The molecule has 7 nitrogen and oxygen atoms in total. The van der Waals surface area contributed by atoms with Crippen molar-refractivity contribution in [1.82, 2.24) is 4.31 Å². The Kier molecular flexibility index (Phi) is 6.11. The Hall–Kier alpha value is -0.740. The van der Waals surface area contributed by atoms with E-state index in [9.17, 15) is 18.5 Å². The molecule has 21 heavy (non-hydrogen) atoms. The summed E-state index contributed by atoms with van der Waals surface area (Å²) in [7, 11) is -3.63. The normalized spacial score (nSPS) is 17.2. The van der Waals surface area contributed by atoms with Crippen LogP contribution in [0.25, 0.3) is 0 Å². The van der Waals surface area contributed by atoms with Crippen LogP contribution in [0.1, 0.15) is 12.8 Å². The van der Waals surface area contributed by atoms with Crippen LogP contribution >= 0.6 is 28.3 Å². The van der Waals surface area contributed by atoms with Gasteiger partial charge in [0.25, 0.3) is 5.69 Å². The van der Waals surface area contributed by atoms with Crippen LogP contribution in [0.2, 0.25) is 0 Å². The lowest BCUT2D eigenvalue weighted by Gasteiger charge is -2.29. The lowest BCUT2D eigenvalue weighted by molar-refractivity contribution is -0.385. The van der Waals surface area contributed by atoms with Crippen molar-refractivity contribution in [2.45, 2.75) is 23.8 Å². The largest absolute Gasteiger partial charge is 0.328 e. The third kappa shape index (κ3) is 3.92. The maximum Gasteiger partial charge on any atom is 0.283 e. The Morgan fingerprint density at radius 3 is 2.38 bits per heavy atom. The number of hydrogen-bond donors (Lipinski definition) is 1. The molecular formula is C11H15BrClN3O4S. The highest BCUT2D eigenvalue weighted by atomic mass is 79.9. The number of nitro benzene ring substituents is 1. The fourth-order valence-corrected chi connectivity index (χ4v) is 4.23. The molecule has 0 bridgehead atoms. The maximum absolute atomic E-state index is 12.4. The first-order valence-corrected chi connectivity index (χ1v) is 8.25. The van der Waals surface area contributed by atoms with Gasteiger partial charge in [-0.05, 0) is 40.9 Å². The van der Waals surface area contributed by atoms with Crippen LogP contribution in [0.15, 0.2) is 27.6 Å². The molecule has 2 N–H and O–H groups in total. The number of nitro groups is 1. The monoisotopic (exact) mass is 399 g/mol. The summed E-state index contributed by atoms with van der Waals surface area (Å²) in [6.45, 7) is 0.746. The van der Waals surface area contributed by atoms with E-state index in [2.05, 4.69) is 15.9 Å². The summed E-state index contributed by atoms with van der Waals surface area (Å²) >= 11 is 3.03. The van der Waals surface area contributed by atoms with Crippen LogP contribution in [-0.2, 0) is 10.0 Å². The Morgan fingerprint density at radius 2 is 1.90 bits per heavy atom. The first kappa shape index (κ1) is 18.3. The van der Waals surface area contributed by atoms with Crippen molar-refractivity contribution in [2.75, 3.05) is 13.1 Å². The second-order valence-electron chi connectivity index (χ2n) is 4.61. The smallest absolute Gasteiger partial charge is 0.283 e. The second kappa shape index (κ2) is 7.01. The van der Waals surface area contributed by atoms with Gasteiger partial charge in [0.1, 0.15) is 0 Å². The van der Waals surface area contributed by atoms with Crippen LogP contribution in [0.5, 0.6) is 0 Å². The molecule has 0 radical (unpaired) electrons. The van der Waals surface area contributed by atoms with E-state index in [0.717, 1.165) is 0 Å². The van der Waals surface area contributed by atoms with E-state index in [1.807, 2.05) is 0 Å². The fourth-order valence-electron chi connectivity index (χ4n) is 2.06. The summed E-state index contributed by atoms with van der Waals surface area (Å²) in [4.78, 5) is 10.2. The Bertz CT molecular complexity index is 632. The molecule has 0 amide bonds. The lowest BCUT2D eigenvalue weighted by atomic mass is 10.1. The standard InChI is InChI=1S/C11H14BrN3O4S.ClH/c12-10-7-9(1-2-11(10)15(16)17)20(18,19)14-5-3-8(13)4-6-14;/h1-2,7-8H,3-6,13H2;1H. The Morgan fingerprint density at radius 1 is 1.33 bits per heavy atom. The number of halogens is 2. The SMILES string of the molecule is Cl.NC1CCN(S(=O)(=O)c2ccc([N+](=O)[O-])c(Br)c2)CC1. The van der Waals surface area contributed by atoms with E-state index in [4.69, 9.17) is 5.73 Å². The van der Waals surface area contributed by atoms with Gasteiger partial charge in [-0.1, -0.05) is 0 Å². The number of nitrogens with two attached hydrogens (primary N) is 1. The summed E-state index contributed by atoms with van der Waals surface area (Å²) in [6.07, 6.45) is 1.24. The molecule has 0 aliphatic carbocycles. The highest BCUT2D eigenvalue weighted by Gasteiger charge is 2.29. The Labute approximate surface area is 137 Å². The van der Waals surface area contributed by atoms with Gasteiger partial charge in [-0.15, -0.1) is 12.4 Å². The molecule has 1 aromatic carbocycles. The van der Waals surface area contributed by atoms with E-state index < -0.39 is 14.9 Å². The van der Waals surface area contributed by atoms with Gasteiger partial charge in [-0.2, -0.15) is 4.31 Å². The summed E-state index contributed by atoms with van der Waals surface area (Å²) in [5, 5.41) is 10.7. The average Bonchev–Trinajstić information content (AvgIpc) is 2.38. The zero-order valence-electron chi connectivity index (χ0n) is 10.9. The van der Waals surface area contributed by atoms with Gasteiger partial charge in [0.15, 0.2) is 0 Å². The number of rotatable bonds is 3. The van der Waals surface area contributed by atoms with Crippen molar-refractivity contribution >= 4 is 44.0 Å². The topological polar surface area (TPSA) is 107 Å². The quantitative estimate of drug-likeness (QED) is 0.616. The zero-order valence-corrected chi connectivity index (χ0v) is 14.2. The summed E-state index contributed by atoms with van der Waals surface area (Å²) < 4.78 is 26.4. The predicted molar refractivity (Wildman–Crippen MR) is 84.0 cm³/mol. The van der Waals surface area contributed by atoms with Gasteiger partial charge in [-0.25, -0.2) is 8.42 Å². The van der Waals surface area contributed by atoms with Gasteiger partial charge >= 0.3 is 0 Å². The number of sulfonamides is 1. The zero-order chi connectivity index (χ0) is 14.9. The second-order valence-corrected chi connectivity index (χ2v) is 7.40. The summed E-state index contributed by atoms with van der Waals surface area (Å²) in [6, 6.07) is 3.74. The number of benzene rings is 1. The Balaban J connectivity index is 0.00000220. The van der Waals surface area contributed by atoms with Crippen molar-refractivity contribution in [3.8, 4) is 0 Å². The predicted octanol–water partition coefficient (Wildman–Crippen LogP) is 1.89. The third-order valence-corrected chi connectivity index (χ3v) is 5.78. The van der Waals surface area contributed by atoms with Gasteiger partial charge in [0, 0.05) is 25.2 Å². The van der Waals surface area contributed by atoms with Gasteiger partial charge in [-0.3, -0.25) is 10.1 Å². The van der Waals surface area contributed by atoms with Crippen molar-refractivity contribution in [1.29, 1.82) is 0 Å². The molecule has 0 atom stereocenters. The lowest BCUT2D eigenvalue weighted by Crippen LogP contribution is -2.42. The highest BCUT2D eigenvalue weighted by molar-refractivity contribution is 9.10. The number of nitrogens with zero attached hydrogens (tertiary/aromatic N) is 2. The van der Waals surface area contributed by atoms with E-state index >= 15 is 0 Å². The van der Waals surface area contributed by atoms with Gasteiger partial charge in [0.05, 0.1) is 14.3 Å². The van der Waals surface area contributed by atoms with Gasteiger partial charge in [0.2, 0.25) is 10.0 Å². The van der Waals surface area contributed by atoms with Crippen LogP contribution in [-0.4, -0.2) is 36.8 Å². The highest BCUT2D eigenvalue weighted by Crippen LogP contribution is 2.29. The van der Waals surface area contributed by atoms with Crippen molar-refractivity contribution in [2.24, 2.45) is 5.73 Å². The van der Waals surface area contributed by atoms with Crippen molar-refractivity contribution in [3.05, 3.63) is 32.8 Å². The summed E-state index contributed by atoms with van der Waals surface area (Å²) in [5.74, 6) is 0. The third-order valence-electron chi connectivity index (χ3n) is 3.25. The number of hydrogen-bond acceptors (Lipinski definition) is 5. The van der Waals surface area contributed by atoms with E-state index in [-0.39, 0.29) is 33.5 Å². The van der Waals surface area contributed by atoms with Crippen molar-refractivity contribution < 1.29 is 13.3 Å². The summed E-state index contributed by atoms with van der Waals surface area (Å²) in [5.41, 5.74) is 5.59. The van der Waals surface area contributed by atoms with Crippen LogP contribution in [0.3, 0.4) is 0 Å². The van der Waals surface area contributed by atoms with Crippen LogP contribution < -0.4 is 5.73 Å². The van der Waals surface area contributed by atoms with E-state index in [1.54, 1.807) is 0 Å².